The zero-order valence-corrected chi connectivity index (χ0v) is 12.4. The molecule has 0 aliphatic carbocycles. The fourth-order valence-electron chi connectivity index (χ4n) is 3.23. The Kier molecular flexibility index (Phi) is 2.96. The maximum absolute atomic E-state index is 12.7. The van der Waals surface area contributed by atoms with Crippen LogP contribution in [0.15, 0.2) is 59.4 Å². The van der Waals surface area contributed by atoms with Gasteiger partial charge < -0.3 is 4.90 Å². The zero-order valence-electron chi connectivity index (χ0n) is 12.4. The Morgan fingerprint density at radius 3 is 2.55 bits per heavy atom. The maximum Gasteiger partial charge on any atom is 0.261 e. The van der Waals surface area contributed by atoms with Crippen LogP contribution in [0.4, 0.5) is 5.69 Å². The smallest absolute Gasteiger partial charge is 0.261 e. The lowest BCUT2D eigenvalue weighted by Gasteiger charge is -2.36. The van der Waals surface area contributed by atoms with Crippen LogP contribution in [0.5, 0.6) is 0 Å². The van der Waals surface area contributed by atoms with Gasteiger partial charge in [0.1, 0.15) is 5.82 Å². The van der Waals surface area contributed by atoms with Crippen LogP contribution in [0.3, 0.4) is 0 Å². The monoisotopic (exact) mass is 291 g/mol. The third-order valence-electron chi connectivity index (χ3n) is 4.38. The van der Waals surface area contributed by atoms with Crippen molar-refractivity contribution in [2.45, 2.75) is 19.5 Å². The summed E-state index contributed by atoms with van der Waals surface area (Å²) in [5.74, 6) is 0.846. The molecule has 2 heterocycles. The first kappa shape index (κ1) is 13.1. The third-order valence-corrected chi connectivity index (χ3v) is 4.38. The molecule has 4 rings (SSSR count). The Hall–Kier alpha value is -2.62. The summed E-state index contributed by atoms with van der Waals surface area (Å²) in [4.78, 5) is 19.7. The Morgan fingerprint density at radius 2 is 1.73 bits per heavy atom. The second kappa shape index (κ2) is 4.98. The normalized spacial score (nSPS) is 17.5. The summed E-state index contributed by atoms with van der Waals surface area (Å²) in [6.45, 7) is 3.60. The number of hydrogen-bond acceptors (Lipinski definition) is 3. The summed E-state index contributed by atoms with van der Waals surface area (Å²) < 4.78 is 1.83. The highest BCUT2D eigenvalue weighted by molar-refractivity contribution is 5.77. The molecule has 0 fully saturated rings. The lowest BCUT2D eigenvalue weighted by molar-refractivity contribution is 0.478. The van der Waals surface area contributed by atoms with Crippen LogP contribution in [-0.2, 0) is 6.54 Å². The van der Waals surface area contributed by atoms with E-state index in [-0.39, 0.29) is 11.6 Å². The van der Waals surface area contributed by atoms with E-state index in [0.717, 1.165) is 17.9 Å². The van der Waals surface area contributed by atoms with E-state index in [0.29, 0.717) is 11.9 Å². The minimum atomic E-state index is 0.0696. The van der Waals surface area contributed by atoms with Crippen molar-refractivity contribution in [3.8, 4) is 0 Å². The fraction of sp³-hybridized carbons (Fsp3) is 0.222. The average molecular weight is 291 g/mol. The van der Waals surface area contributed by atoms with E-state index >= 15 is 0 Å². The van der Waals surface area contributed by atoms with Crippen molar-refractivity contribution in [3.05, 3.63) is 70.8 Å². The molecular weight excluding hydrogens is 274 g/mol. The number of aromatic nitrogens is 2. The van der Waals surface area contributed by atoms with E-state index < -0.39 is 0 Å². The minimum absolute atomic E-state index is 0.0696. The minimum Gasteiger partial charge on any atom is -0.360 e. The summed E-state index contributed by atoms with van der Waals surface area (Å²) in [5, 5.41) is 0.701. The van der Waals surface area contributed by atoms with Gasteiger partial charge in [-0.15, -0.1) is 0 Å². The SMILES string of the molecule is CC1c2nc3ccccc3c(=O)n2CCN1c1ccccc1. The van der Waals surface area contributed by atoms with Crippen molar-refractivity contribution in [1.29, 1.82) is 0 Å². The highest BCUT2D eigenvalue weighted by Crippen LogP contribution is 2.28. The maximum atomic E-state index is 12.7. The molecule has 4 heteroatoms. The van der Waals surface area contributed by atoms with Gasteiger partial charge in [0, 0.05) is 18.8 Å². The fourth-order valence-corrected chi connectivity index (χ4v) is 3.23. The van der Waals surface area contributed by atoms with Gasteiger partial charge >= 0.3 is 0 Å². The lowest BCUT2D eigenvalue weighted by Crippen LogP contribution is -2.42. The van der Waals surface area contributed by atoms with Gasteiger partial charge in [0.05, 0.1) is 16.9 Å². The topological polar surface area (TPSA) is 38.1 Å². The van der Waals surface area contributed by atoms with Crippen molar-refractivity contribution < 1.29 is 0 Å². The molecule has 4 nitrogen and oxygen atoms in total. The van der Waals surface area contributed by atoms with Crippen molar-refractivity contribution in [3.63, 3.8) is 0 Å². The number of para-hydroxylation sites is 2. The molecule has 0 bridgehead atoms. The molecule has 0 radical (unpaired) electrons. The van der Waals surface area contributed by atoms with Gasteiger partial charge in [0.2, 0.25) is 0 Å². The molecule has 3 aromatic rings. The van der Waals surface area contributed by atoms with Gasteiger partial charge in [-0.25, -0.2) is 4.98 Å². The molecule has 0 saturated carbocycles. The van der Waals surface area contributed by atoms with E-state index in [9.17, 15) is 4.79 Å². The van der Waals surface area contributed by atoms with Crippen LogP contribution in [0.25, 0.3) is 10.9 Å². The van der Waals surface area contributed by atoms with Gasteiger partial charge in [-0.3, -0.25) is 9.36 Å². The quantitative estimate of drug-likeness (QED) is 0.692. The Balaban J connectivity index is 1.87. The van der Waals surface area contributed by atoms with Crippen molar-refractivity contribution >= 4 is 16.6 Å². The van der Waals surface area contributed by atoms with Gasteiger partial charge in [0.15, 0.2) is 0 Å². The van der Waals surface area contributed by atoms with Crippen LogP contribution in [0, 0.1) is 0 Å². The molecule has 0 amide bonds. The average Bonchev–Trinajstić information content (AvgIpc) is 2.57. The predicted octanol–water partition coefficient (Wildman–Crippen LogP) is 2.98. The summed E-state index contributed by atoms with van der Waals surface area (Å²) >= 11 is 0. The number of anilines is 1. The number of hydrogen-bond donors (Lipinski definition) is 0. The number of rotatable bonds is 1. The van der Waals surface area contributed by atoms with Crippen molar-refractivity contribution in [2.24, 2.45) is 0 Å². The van der Waals surface area contributed by atoms with E-state index in [4.69, 9.17) is 4.98 Å². The summed E-state index contributed by atoms with van der Waals surface area (Å²) in [6, 6.07) is 18.0. The van der Waals surface area contributed by atoms with E-state index in [2.05, 4.69) is 24.0 Å². The first-order valence-electron chi connectivity index (χ1n) is 7.57. The Labute approximate surface area is 128 Å². The second-order valence-electron chi connectivity index (χ2n) is 5.65. The molecule has 1 aliphatic rings. The molecule has 1 atom stereocenters. The highest BCUT2D eigenvalue weighted by atomic mass is 16.1. The molecule has 1 aliphatic heterocycles. The Bertz CT molecular complexity index is 886. The first-order chi connectivity index (χ1) is 10.8. The second-order valence-corrected chi connectivity index (χ2v) is 5.65. The zero-order chi connectivity index (χ0) is 15.1. The highest BCUT2D eigenvalue weighted by Gasteiger charge is 2.26. The number of benzene rings is 2. The van der Waals surface area contributed by atoms with Crippen molar-refractivity contribution in [1.82, 2.24) is 9.55 Å². The van der Waals surface area contributed by atoms with E-state index in [1.165, 1.54) is 5.69 Å². The lowest BCUT2D eigenvalue weighted by atomic mass is 10.1. The molecular formula is C18H17N3O. The van der Waals surface area contributed by atoms with Gasteiger partial charge in [-0.05, 0) is 31.2 Å². The van der Waals surface area contributed by atoms with Crippen LogP contribution >= 0.6 is 0 Å². The van der Waals surface area contributed by atoms with Crippen LogP contribution in [-0.4, -0.2) is 16.1 Å². The third kappa shape index (κ3) is 1.91. The summed E-state index contributed by atoms with van der Waals surface area (Å²) in [6.07, 6.45) is 0. The number of nitrogens with zero attached hydrogens (tertiary/aromatic N) is 3. The van der Waals surface area contributed by atoms with Gasteiger partial charge in [-0.1, -0.05) is 30.3 Å². The molecule has 1 unspecified atom stereocenters. The molecule has 2 aromatic carbocycles. The Morgan fingerprint density at radius 1 is 1.00 bits per heavy atom. The van der Waals surface area contributed by atoms with Crippen LogP contribution < -0.4 is 10.5 Å². The summed E-state index contributed by atoms with van der Waals surface area (Å²) in [7, 11) is 0. The van der Waals surface area contributed by atoms with Gasteiger partial charge in [-0.2, -0.15) is 0 Å². The van der Waals surface area contributed by atoms with Crippen LogP contribution in [0.1, 0.15) is 18.8 Å². The predicted molar refractivity (Wildman–Crippen MR) is 88.2 cm³/mol. The van der Waals surface area contributed by atoms with Crippen molar-refractivity contribution in [2.75, 3.05) is 11.4 Å². The molecule has 1 aromatic heterocycles. The molecule has 110 valence electrons. The van der Waals surface area contributed by atoms with E-state index in [1.807, 2.05) is 47.0 Å². The first-order valence-corrected chi connectivity index (χ1v) is 7.57. The number of fused-ring (bicyclic) bond motifs is 2. The molecule has 0 spiro atoms. The molecule has 0 saturated heterocycles. The molecule has 22 heavy (non-hydrogen) atoms. The van der Waals surface area contributed by atoms with Gasteiger partial charge in [0.25, 0.3) is 5.56 Å². The molecule has 0 N–H and O–H groups in total. The van der Waals surface area contributed by atoms with Crippen LogP contribution in [0.2, 0.25) is 0 Å². The standard InChI is InChI=1S/C18H17N3O/c1-13-17-19-16-10-6-5-9-15(16)18(22)21(17)12-11-20(13)14-7-3-2-4-8-14/h2-10,13H,11-12H2,1H3. The largest absolute Gasteiger partial charge is 0.360 e. The van der Waals surface area contributed by atoms with E-state index in [1.54, 1.807) is 0 Å². The summed E-state index contributed by atoms with van der Waals surface area (Å²) in [5.41, 5.74) is 2.02.